The molecule has 0 radical (unpaired) electrons. The fourth-order valence-corrected chi connectivity index (χ4v) is 5.04. The average molecular weight is 491 g/mol. The van der Waals surface area contributed by atoms with Gasteiger partial charge in [-0.3, -0.25) is 4.79 Å². The molecular formula is C24H30N2O7S. The molecule has 0 saturated heterocycles. The Morgan fingerprint density at radius 1 is 1.15 bits per heavy atom. The normalized spacial score (nSPS) is 18.2. The van der Waals surface area contributed by atoms with E-state index in [2.05, 4.69) is 5.32 Å². The van der Waals surface area contributed by atoms with Gasteiger partial charge in [-0.25, -0.2) is 8.42 Å². The van der Waals surface area contributed by atoms with E-state index in [0.717, 1.165) is 9.87 Å². The SMILES string of the molecule is CNC(=O)C1=C[C@H](c2ccccc2)C[C@H](OCCN(CCO)S(=O)(=O)c2ccc(OC)cc2)O1. The van der Waals surface area contributed by atoms with Gasteiger partial charge in [-0.1, -0.05) is 30.3 Å². The molecule has 34 heavy (non-hydrogen) atoms. The van der Waals surface area contributed by atoms with Crippen molar-refractivity contribution in [1.82, 2.24) is 9.62 Å². The highest BCUT2D eigenvalue weighted by Crippen LogP contribution is 2.31. The highest BCUT2D eigenvalue weighted by molar-refractivity contribution is 7.89. The first kappa shape index (κ1) is 25.7. The number of hydrogen-bond donors (Lipinski definition) is 2. The van der Waals surface area contributed by atoms with E-state index in [1.165, 1.54) is 26.3 Å². The standard InChI is InChI=1S/C24H30N2O7S/c1-25-24(28)22-16-19(18-6-4-3-5-7-18)17-23(33-22)32-15-13-26(12-14-27)34(29,30)21-10-8-20(31-2)9-11-21/h3-11,16,19,23,27H,12-15,17H2,1-2H3,(H,25,28)/t19-,23+/m0/s1. The molecule has 2 atom stereocenters. The van der Waals surface area contributed by atoms with Gasteiger partial charge in [0, 0.05) is 32.5 Å². The summed E-state index contributed by atoms with van der Waals surface area (Å²) in [4.78, 5) is 12.3. The first-order chi connectivity index (χ1) is 16.4. The minimum atomic E-state index is -3.85. The molecule has 1 heterocycles. The largest absolute Gasteiger partial charge is 0.497 e. The molecule has 3 rings (SSSR count). The summed E-state index contributed by atoms with van der Waals surface area (Å²) < 4.78 is 43.9. The van der Waals surface area contributed by atoms with E-state index < -0.39 is 16.3 Å². The summed E-state index contributed by atoms with van der Waals surface area (Å²) in [7, 11) is -0.833. The molecule has 0 spiro atoms. The maximum Gasteiger partial charge on any atom is 0.285 e. The second-order valence-electron chi connectivity index (χ2n) is 7.58. The molecule has 0 bridgehead atoms. The molecule has 1 aliphatic heterocycles. The third-order valence-electron chi connectivity index (χ3n) is 5.43. The zero-order valence-corrected chi connectivity index (χ0v) is 20.0. The van der Waals surface area contributed by atoms with E-state index in [4.69, 9.17) is 14.2 Å². The highest BCUT2D eigenvalue weighted by atomic mass is 32.2. The van der Waals surface area contributed by atoms with Gasteiger partial charge in [0.2, 0.25) is 16.3 Å². The molecule has 1 amide bonds. The number of likely N-dealkylation sites (N-methyl/N-ethyl adjacent to an activating group) is 1. The van der Waals surface area contributed by atoms with Crippen molar-refractivity contribution >= 4 is 15.9 Å². The Labute approximate surface area is 200 Å². The van der Waals surface area contributed by atoms with Gasteiger partial charge in [0.25, 0.3) is 5.91 Å². The second kappa shape index (κ2) is 12.0. The summed E-state index contributed by atoms with van der Waals surface area (Å²) in [5.41, 5.74) is 1.02. The van der Waals surface area contributed by atoms with E-state index in [1.54, 1.807) is 18.2 Å². The van der Waals surface area contributed by atoms with Crippen molar-refractivity contribution in [2.45, 2.75) is 23.5 Å². The zero-order chi connectivity index (χ0) is 24.6. The van der Waals surface area contributed by atoms with Crippen LogP contribution in [-0.4, -0.2) is 70.5 Å². The third-order valence-corrected chi connectivity index (χ3v) is 7.34. The number of rotatable bonds is 11. The minimum absolute atomic E-state index is 0.00378. The number of amides is 1. The number of aliphatic hydroxyl groups excluding tert-OH is 1. The van der Waals surface area contributed by atoms with Crippen LogP contribution in [0.2, 0.25) is 0 Å². The number of carbonyl (C=O) groups is 1. The van der Waals surface area contributed by atoms with E-state index in [9.17, 15) is 18.3 Å². The van der Waals surface area contributed by atoms with Crippen LogP contribution < -0.4 is 10.1 Å². The summed E-state index contributed by atoms with van der Waals surface area (Å²) in [6, 6.07) is 15.7. The highest BCUT2D eigenvalue weighted by Gasteiger charge is 2.29. The summed E-state index contributed by atoms with van der Waals surface area (Å²) in [5.74, 6) is 0.242. The summed E-state index contributed by atoms with van der Waals surface area (Å²) in [6.07, 6.45) is 1.50. The molecule has 184 valence electrons. The Balaban J connectivity index is 1.68. The van der Waals surface area contributed by atoms with Gasteiger partial charge >= 0.3 is 0 Å². The fourth-order valence-electron chi connectivity index (χ4n) is 3.62. The monoisotopic (exact) mass is 490 g/mol. The van der Waals surface area contributed by atoms with Crippen molar-refractivity contribution in [3.63, 3.8) is 0 Å². The Hall–Kier alpha value is -2.92. The number of methoxy groups -OCH3 is 1. The Morgan fingerprint density at radius 3 is 2.47 bits per heavy atom. The van der Waals surface area contributed by atoms with E-state index >= 15 is 0 Å². The van der Waals surface area contributed by atoms with Crippen LogP contribution in [0.4, 0.5) is 0 Å². The molecule has 9 nitrogen and oxygen atoms in total. The summed E-state index contributed by atoms with van der Waals surface area (Å²) >= 11 is 0. The number of nitrogens with one attached hydrogen (secondary N) is 1. The van der Waals surface area contributed by atoms with Crippen molar-refractivity contribution in [3.05, 3.63) is 72.0 Å². The van der Waals surface area contributed by atoms with Crippen LogP contribution in [0.15, 0.2) is 71.3 Å². The lowest BCUT2D eigenvalue weighted by Gasteiger charge is -2.30. The van der Waals surface area contributed by atoms with Crippen LogP contribution in [0.25, 0.3) is 0 Å². The van der Waals surface area contributed by atoms with Crippen LogP contribution in [0.3, 0.4) is 0 Å². The van der Waals surface area contributed by atoms with Crippen LogP contribution >= 0.6 is 0 Å². The number of nitrogens with zero attached hydrogens (tertiary/aromatic N) is 1. The maximum atomic E-state index is 13.0. The van der Waals surface area contributed by atoms with Crippen molar-refractivity contribution in [3.8, 4) is 5.75 Å². The summed E-state index contributed by atoms with van der Waals surface area (Å²) in [5, 5.41) is 12.0. The number of hydrogen-bond acceptors (Lipinski definition) is 7. The maximum absolute atomic E-state index is 13.0. The number of allylic oxidation sites excluding steroid dienone is 1. The van der Waals surface area contributed by atoms with Gasteiger partial charge in [0.05, 0.1) is 25.2 Å². The van der Waals surface area contributed by atoms with E-state index in [0.29, 0.717) is 12.2 Å². The molecule has 0 aromatic heterocycles. The molecule has 2 aromatic carbocycles. The van der Waals surface area contributed by atoms with Gasteiger partial charge in [-0.05, 0) is 35.9 Å². The smallest absolute Gasteiger partial charge is 0.285 e. The van der Waals surface area contributed by atoms with Gasteiger partial charge in [0.1, 0.15) is 5.75 Å². The number of sulfonamides is 1. The van der Waals surface area contributed by atoms with Crippen LogP contribution in [-0.2, 0) is 24.3 Å². The molecule has 1 aliphatic rings. The van der Waals surface area contributed by atoms with Crippen LogP contribution in [0, 0.1) is 0 Å². The number of carbonyl (C=O) groups excluding carboxylic acids is 1. The number of benzene rings is 2. The lowest BCUT2D eigenvalue weighted by Crippen LogP contribution is -2.38. The second-order valence-corrected chi connectivity index (χ2v) is 9.52. The topological polar surface area (TPSA) is 114 Å². The van der Waals surface area contributed by atoms with E-state index in [-0.39, 0.29) is 48.8 Å². The van der Waals surface area contributed by atoms with Crippen LogP contribution in [0.5, 0.6) is 5.75 Å². The molecule has 0 saturated carbocycles. The molecule has 2 aromatic rings. The average Bonchev–Trinajstić information content (AvgIpc) is 2.88. The van der Waals surface area contributed by atoms with Crippen molar-refractivity contribution in [2.75, 3.05) is 40.5 Å². The minimum Gasteiger partial charge on any atom is -0.497 e. The lowest BCUT2D eigenvalue weighted by atomic mass is 9.93. The Kier molecular flexibility index (Phi) is 9.05. The Morgan fingerprint density at radius 2 is 1.85 bits per heavy atom. The van der Waals surface area contributed by atoms with Gasteiger partial charge in [0.15, 0.2) is 5.76 Å². The number of ether oxygens (including phenoxy) is 3. The van der Waals surface area contributed by atoms with Crippen molar-refractivity contribution in [1.29, 1.82) is 0 Å². The van der Waals surface area contributed by atoms with Crippen LogP contribution in [0.1, 0.15) is 17.9 Å². The Bertz CT molecular complexity index is 1070. The molecule has 0 fully saturated rings. The molecule has 0 unspecified atom stereocenters. The van der Waals surface area contributed by atoms with Crippen molar-refractivity contribution < 1.29 is 32.5 Å². The van der Waals surface area contributed by atoms with Gasteiger partial charge in [-0.2, -0.15) is 4.31 Å². The zero-order valence-electron chi connectivity index (χ0n) is 19.2. The predicted octanol–water partition coefficient (Wildman–Crippen LogP) is 1.85. The fraction of sp³-hybridized carbons (Fsp3) is 0.375. The quantitative estimate of drug-likeness (QED) is 0.494. The third kappa shape index (κ3) is 6.35. The first-order valence-electron chi connectivity index (χ1n) is 10.9. The van der Waals surface area contributed by atoms with E-state index in [1.807, 2.05) is 30.3 Å². The predicted molar refractivity (Wildman–Crippen MR) is 126 cm³/mol. The van der Waals surface area contributed by atoms with Gasteiger partial charge in [-0.15, -0.1) is 0 Å². The first-order valence-corrected chi connectivity index (χ1v) is 12.3. The number of aliphatic hydroxyl groups is 1. The summed E-state index contributed by atoms with van der Waals surface area (Å²) in [6.45, 7) is -0.402. The molecular weight excluding hydrogens is 460 g/mol. The molecule has 0 aliphatic carbocycles. The molecule has 2 N–H and O–H groups in total. The van der Waals surface area contributed by atoms with Crippen molar-refractivity contribution in [2.24, 2.45) is 0 Å². The molecule has 10 heteroatoms. The van der Waals surface area contributed by atoms with Gasteiger partial charge < -0.3 is 24.6 Å². The lowest BCUT2D eigenvalue weighted by molar-refractivity contribution is -0.146.